The van der Waals surface area contributed by atoms with Crippen LogP contribution in [0.3, 0.4) is 0 Å². The van der Waals surface area contributed by atoms with E-state index in [9.17, 15) is 4.79 Å². The molecular weight excluding hydrogens is 302 g/mol. The highest BCUT2D eigenvalue weighted by Gasteiger charge is 2.44. The van der Waals surface area contributed by atoms with Gasteiger partial charge >= 0.3 is 6.03 Å². The van der Waals surface area contributed by atoms with Gasteiger partial charge in [-0.3, -0.25) is 0 Å². The molecule has 1 aromatic rings. The summed E-state index contributed by atoms with van der Waals surface area (Å²) < 4.78 is 5.52. The second-order valence-corrected chi connectivity index (χ2v) is 7.36. The van der Waals surface area contributed by atoms with Crippen molar-refractivity contribution in [2.45, 2.75) is 45.1 Å². The number of rotatable bonds is 3. The Morgan fingerprint density at radius 1 is 1.25 bits per heavy atom. The third-order valence-electron chi connectivity index (χ3n) is 5.74. The van der Waals surface area contributed by atoms with Gasteiger partial charge in [-0.15, -0.1) is 0 Å². The van der Waals surface area contributed by atoms with Gasteiger partial charge in [0.2, 0.25) is 0 Å². The first-order valence-corrected chi connectivity index (χ1v) is 8.94. The minimum absolute atomic E-state index is 0.0910. The minimum Gasteiger partial charge on any atom is -0.381 e. The molecule has 1 spiro atoms. The van der Waals surface area contributed by atoms with Crippen molar-refractivity contribution >= 4 is 17.4 Å². The molecule has 5 nitrogen and oxygen atoms in total. The molecule has 24 heavy (non-hydrogen) atoms. The smallest absolute Gasteiger partial charge is 0.319 e. The summed E-state index contributed by atoms with van der Waals surface area (Å²) >= 11 is 0. The van der Waals surface area contributed by atoms with E-state index in [1.165, 1.54) is 12.8 Å². The Balaban J connectivity index is 1.67. The number of carbonyl (C=O) groups is 1. The maximum Gasteiger partial charge on any atom is 0.319 e. The molecule has 0 unspecified atom stereocenters. The predicted molar refractivity (Wildman–Crippen MR) is 97.8 cm³/mol. The number of nitrogens with zero attached hydrogens (tertiary/aromatic N) is 1. The third-order valence-corrected chi connectivity index (χ3v) is 5.74. The Bertz CT molecular complexity index is 594. The van der Waals surface area contributed by atoms with Crippen molar-refractivity contribution in [3.63, 3.8) is 0 Å². The topological polar surface area (TPSA) is 53.6 Å². The molecule has 5 heteroatoms. The molecule has 1 saturated heterocycles. The van der Waals surface area contributed by atoms with Crippen LogP contribution in [0.4, 0.5) is 16.2 Å². The molecule has 1 aromatic carbocycles. The Kier molecular flexibility index (Phi) is 4.99. The second-order valence-electron chi connectivity index (χ2n) is 7.36. The van der Waals surface area contributed by atoms with E-state index in [1.54, 1.807) is 0 Å². The molecule has 132 valence electrons. The highest BCUT2D eigenvalue weighted by atomic mass is 16.5. The third kappa shape index (κ3) is 3.36. The van der Waals surface area contributed by atoms with E-state index in [1.807, 2.05) is 33.2 Å². The molecule has 1 saturated carbocycles. The zero-order valence-corrected chi connectivity index (χ0v) is 15.0. The van der Waals surface area contributed by atoms with Gasteiger partial charge in [-0.1, -0.05) is 12.5 Å². The number of ether oxygens (including phenoxy) is 1. The van der Waals surface area contributed by atoms with E-state index in [-0.39, 0.29) is 17.5 Å². The summed E-state index contributed by atoms with van der Waals surface area (Å²) in [6, 6.07) is 6.17. The van der Waals surface area contributed by atoms with Crippen LogP contribution in [0.2, 0.25) is 0 Å². The summed E-state index contributed by atoms with van der Waals surface area (Å²) in [5.74, 6) is 0. The van der Waals surface area contributed by atoms with E-state index < -0.39 is 0 Å². The molecule has 0 aromatic heterocycles. The maximum absolute atomic E-state index is 12.6. The standard InChI is InChI=1S/C19H29N3O2/c1-14-15(6-4-7-16(14)22(2)3)20-18(23)21-17-8-5-9-19(17)10-12-24-13-11-19/h4,6-7,17H,5,8-13H2,1-3H3,(H2,20,21,23)/t17-/m0/s1. The van der Waals surface area contributed by atoms with E-state index in [2.05, 4.69) is 21.6 Å². The van der Waals surface area contributed by atoms with Gasteiger partial charge in [0, 0.05) is 44.7 Å². The van der Waals surface area contributed by atoms with E-state index in [4.69, 9.17) is 4.74 Å². The highest BCUT2D eigenvalue weighted by molar-refractivity contribution is 5.91. The number of benzene rings is 1. The fraction of sp³-hybridized carbons (Fsp3) is 0.632. The molecule has 0 radical (unpaired) electrons. The van der Waals surface area contributed by atoms with Crippen LogP contribution in [-0.4, -0.2) is 39.4 Å². The summed E-state index contributed by atoms with van der Waals surface area (Å²) in [6.45, 7) is 3.69. The zero-order valence-electron chi connectivity index (χ0n) is 15.0. The largest absolute Gasteiger partial charge is 0.381 e. The average Bonchev–Trinajstić information content (AvgIpc) is 2.91. The highest BCUT2D eigenvalue weighted by Crippen LogP contribution is 2.46. The molecule has 0 bridgehead atoms. The number of nitrogens with one attached hydrogen (secondary N) is 2. The van der Waals surface area contributed by atoms with Crippen LogP contribution < -0.4 is 15.5 Å². The van der Waals surface area contributed by atoms with Crippen molar-refractivity contribution in [2.75, 3.05) is 37.5 Å². The van der Waals surface area contributed by atoms with Crippen molar-refractivity contribution in [1.82, 2.24) is 5.32 Å². The number of urea groups is 1. The Morgan fingerprint density at radius 3 is 2.71 bits per heavy atom. The second kappa shape index (κ2) is 7.01. The maximum atomic E-state index is 12.6. The monoisotopic (exact) mass is 331 g/mol. The van der Waals surface area contributed by atoms with Gasteiger partial charge in [-0.05, 0) is 55.7 Å². The van der Waals surface area contributed by atoms with Crippen molar-refractivity contribution in [3.05, 3.63) is 23.8 Å². The lowest BCUT2D eigenvalue weighted by Crippen LogP contribution is -2.48. The summed E-state index contributed by atoms with van der Waals surface area (Å²) in [7, 11) is 4.03. The Labute approximate surface area is 144 Å². The fourth-order valence-corrected chi connectivity index (χ4v) is 4.30. The normalized spacial score (nSPS) is 22.4. The van der Waals surface area contributed by atoms with Crippen LogP contribution in [-0.2, 0) is 4.74 Å². The van der Waals surface area contributed by atoms with E-state index in [0.717, 1.165) is 49.4 Å². The lowest BCUT2D eigenvalue weighted by atomic mass is 9.75. The molecule has 3 rings (SSSR count). The summed E-state index contributed by atoms with van der Waals surface area (Å²) in [4.78, 5) is 14.6. The molecule has 2 amide bonds. The van der Waals surface area contributed by atoms with Crippen LogP contribution in [0.25, 0.3) is 0 Å². The SMILES string of the molecule is Cc1c(NC(=O)N[C@H]2CCCC23CCOCC3)cccc1N(C)C. The lowest BCUT2D eigenvalue weighted by molar-refractivity contribution is 0.00652. The van der Waals surface area contributed by atoms with E-state index in [0.29, 0.717) is 0 Å². The summed E-state index contributed by atoms with van der Waals surface area (Å²) in [5, 5.41) is 6.29. The van der Waals surface area contributed by atoms with Crippen LogP contribution in [0.5, 0.6) is 0 Å². The van der Waals surface area contributed by atoms with Crippen molar-refractivity contribution in [2.24, 2.45) is 5.41 Å². The van der Waals surface area contributed by atoms with Crippen LogP contribution in [0.1, 0.15) is 37.7 Å². The van der Waals surface area contributed by atoms with E-state index >= 15 is 0 Å². The Morgan fingerprint density at radius 2 is 2.00 bits per heavy atom. The van der Waals surface area contributed by atoms with Crippen LogP contribution >= 0.6 is 0 Å². The van der Waals surface area contributed by atoms with Crippen molar-refractivity contribution < 1.29 is 9.53 Å². The van der Waals surface area contributed by atoms with Crippen LogP contribution in [0, 0.1) is 12.3 Å². The zero-order chi connectivity index (χ0) is 17.2. The molecule has 2 aliphatic rings. The number of amides is 2. The average molecular weight is 331 g/mol. The minimum atomic E-state index is -0.0910. The van der Waals surface area contributed by atoms with Gasteiger partial charge in [0.05, 0.1) is 0 Å². The molecule has 1 atom stereocenters. The number of anilines is 2. The Hall–Kier alpha value is -1.75. The van der Waals surface area contributed by atoms with Gasteiger partial charge in [-0.25, -0.2) is 4.79 Å². The molecule has 2 N–H and O–H groups in total. The first-order chi connectivity index (χ1) is 11.5. The molecule has 2 fully saturated rings. The number of hydrogen-bond acceptors (Lipinski definition) is 3. The number of hydrogen-bond donors (Lipinski definition) is 2. The first-order valence-electron chi connectivity index (χ1n) is 8.94. The predicted octanol–water partition coefficient (Wildman–Crippen LogP) is 3.53. The molecule has 1 aliphatic heterocycles. The van der Waals surface area contributed by atoms with Gasteiger partial charge in [-0.2, -0.15) is 0 Å². The van der Waals surface area contributed by atoms with Gasteiger partial charge in [0.1, 0.15) is 0 Å². The summed E-state index contributed by atoms with van der Waals surface area (Å²) in [6.07, 6.45) is 5.60. The number of carbonyl (C=O) groups excluding carboxylic acids is 1. The molecule has 1 aliphatic carbocycles. The van der Waals surface area contributed by atoms with Gasteiger partial charge in [0.15, 0.2) is 0 Å². The molecular formula is C19H29N3O2. The van der Waals surface area contributed by atoms with Crippen LogP contribution in [0.15, 0.2) is 18.2 Å². The lowest BCUT2D eigenvalue weighted by Gasteiger charge is -2.39. The molecule has 1 heterocycles. The van der Waals surface area contributed by atoms with Crippen molar-refractivity contribution in [1.29, 1.82) is 0 Å². The van der Waals surface area contributed by atoms with Crippen molar-refractivity contribution in [3.8, 4) is 0 Å². The quantitative estimate of drug-likeness (QED) is 0.891. The first kappa shape index (κ1) is 17.1. The summed E-state index contributed by atoms with van der Waals surface area (Å²) in [5.41, 5.74) is 3.33. The van der Waals surface area contributed by atoms with Gasteiger partial charge < -0.3 is 20.3 Å². The fourth-order valence-electron chi connectivity index (χ4n) is 4.30. The van der Waals surface area contributed by atoms with Gasteiger partial charge in [0.25, 0.3) is 0 Å².